The highest BCUT2D eigenvalue weighted by Crippen LogP contribution is 2.88. The van der Waals surface area contributed by atoms with Gasteiger partial charge in [0.15, 0.2) is 0 Å². The Morgan fingerprint density at radius 3 is 2.04 bits per heavy atom. The summed E-state index contributed by atoms with van der Waals surface area (Å²) in [7, 11) is -3.93. The third kappa shape index (κ3) is 5.16. The van der Waals surface area contributed by atoms with E-state index in [2.05, 4.69) is 35.8 Å². The van der Waals surface area contributed by atoms with Crippen LogP contribution in [0.3, 0.4) is 0 Å². The van der Waals surface area contributed by atoms with Gasteiger partial charge in [-0.1, -0.05) is 66.4 Å². The van der Waals surface area contributed by atoms with Gasteiger partial charge in [-0.2, -0.15) is 0 Å². The molecule has 1 saturated heterocycles. The molecule has 6 rings (SSSR count). The highest BCUT2D eigenvalue weighted by Gasteiger charge is 2.85. The van der Waals surface area contributed by atoms with Gasteiger partial charge >= 0.3 is 0 Å². The molecule has 6 aliphatic rings. The Morgan fingerprint density at radius 1 is 0.938 bits per heavy atom. The standard InChI is InChI=1S/C36H57N5O6S/c1-8-23-19-36(23,30(45)40-48(46,47)33(7)17-18-33)39-27(42)24-20-35(32(5,6)34(35)15-12-16-34)21-41(24)29(44)26(31(2,3)4)38-28(43)25(37)22-13-10-9-11-14-22/h8,22-26H,1,9-21,37H2,2-7H3,(H,38,43)(H,39,42)(H,40,45)/t23-,24+,25+,26-,35-,36-/m1/s1. The van der Waals surface area contributed by atoms with E-state index in [1.165, 1.54) is 0 Å². The van der Waals surface area contributed by atoms with Gasteiger partial charge in [-0.3, -0.25) is 23.9 Å². The van der Waals surface area contributed by atoms with Crippen LogP contribution in [0.5, 0.6) is 0 Å². The number of hydrogen-bond donors (Lipinski definition) is 4. The average Bonchev–Trinajstić information content (AvgIpc) is 3.92. The molecular formula is C36H57N5O6S. The molecule has 5 saturated carbocycles. The molecule has 0 aromatic rings. The van der Waals surface area contributed by atoms with Crippen molar-refractivity contribution in [3.8, 4) is 0 Å². The van der Waals surface area contributed by atoms with Crippen molar-refractivity contribution in [3.63, 3.8) is 0 Å². The van der Waals surface area contributed by atoms with Gasteiger partial charge in [-0.15, -0.1) is 6.58 Å². The molecule has 0 radical (unpaired) electrons. The van der Waals surface area contributed by atoms with Crippen molar-refractivity contribution in [2.75, 3.05) is 6.54 Å². The van der Waals surface area contributed by atoms with E-state index >= 15 is 0 Å². The van der Waals surface area contributed by atoms with E-state index < -0.39 is 61.6 Å². The minimum Gasteiger partial charge on any atom is -0.342 e. The Kier molecular flexibility index (Phi) is 8.30. The zero-order chi connectivity index (χ0) is 35.3. The summed E-state index contributed by atoms with van der Waals surface area (Å²) in [6.07, 6.45) is 11.3. The van der Waals surface area contributed by atoms with Crippen LogP contribution in [0, 0.1) is 33.5 Å². The number of fused-ring (bicyclic) bond motifs is 1. The minimum atomic E-state index is -3.93. The molecule has 2 spiro atoms. The second-order valence-electron chi connectivity index (χ2n) is 18.0. The van der Waals surface area contributed by atoms with Crippen molar-refractivity contribution in [1.29, 1.82) is 0 Å². The Balaban J connectivity index is 1.27. The molecule has 268 valence electrons. The summed E-state index contributed by atoms with van der Waals surface area (Å²) < 4.78 is 27.3. The fraction of sp³-hybridized carbons (Fsp3) is 0.833. The van der Waals surface area contributed by atoms with Crippen molar-refractivity contribution < 1.29 is 27.6 Å². The number of nitrogens with zero attached hydrogens (tertiary/aromatic N) is 1. The number of carbonyl (C=O) groups excluding carboxylic acids is 4. The minimum absolute atomic E-state index is 0.0312. The normalized spacial score (nSPS) is 34.0. The molecule has 11 nitrogen and oxygen atoms in total. The molecule has 1 heterocycles. The van der Waals surface area contributed by atoms with Crippen LogP contribution in [0.1, 0.15) is 119 Å². The van der Waals surface area contributed by atoms with Crippen LogP contribution in [0.4, 0.5) is 0 Å². The second kappa shape index (κ2) is 11.3. The maximum absolute atomic E-state index is 14.7. The van der Waals surface area contributed by atoms with E-state index in [9.17, 15) is 27.6 Å². The Labute approximate surface area is 286 Å². The third-order valence-corrected chi connectivity index (χ3v) is 16.3. The largest absolute Gasteiger partial charge is 0.342 e. The maximum atomic E-state index is 14.7. The van der Waals surface area contributed by atoms with Crippen LogP contribution in [-0.2, 0) is 29.2 Å². The van der Waals surface area contributed by atoms with Gasteiger partial charge in [0, 0.05) is 17.9 Å². The van der Waals surface area contributed by atoms with Crippen molar-refractivity contribution in [1.82, 2.24) is 20.3 Å². The van der Waals surface area contributed by atoms with Gasteiger partial charge in [-0.25, -0.2) is 8.42 Å². The summed E-state index contributed by atoms with van der Waals surface area (Å²) in [6.45, 7) is 16.0. The predicted molar refractivity (Wildman–Crippen MR) is 182 cm³/mol. The SMILES string of the molecule is C=C[C@@H]1C[C@]1(NC(=O)[C@@H]1C[C@@]2(CN1C(=O)[C@@H](NC(=O)[C@@H](N)C1CCCCC1)C(C)(C)C)C(C)(C)C21CCC1)C(=O)NS(=O)(=O)C1(C)CC1. The van der Waals surface area contributed by atoms with E-state index in [1.807, 2.05) is 20.8 Å². The number of carbonyl (C=O) groups is 4. The van der Waals surface area contributed by atoms with E-state index in [1.54, 1.807) is 17.9 Å². The quantitative estimate of drug-likeness (QED) is 0.256. The molecular weight excluding hydrogens is 630 g/mol. The van der Waals surface area contributed by atoms with E-state index in [-0.39, 0.29) is 40.4 Å². The molecule has 5 aliphatic carbocycles. The van der Waals surface area contributed by atoms with Crippen LogP contribution in [0.15, 0.2) is 12.7 Å². The predicted octanol–water partition coefficient (Wildman–Crippen LogP) is 3.28. The van der Waals surface area contributed by atoms with E-state index in [4.69, 9.17) is 5.73 Å². The summed E-state index contributed by atoms with van der Waals surface area (Å²) in [5.74, 6) is -2.30. The van der Waals surface area contributed by atoms with Gasteiger partial charge in [0.25, 0.3) is 5.91 Å². The molecule has 6 atom stereocenters. The summed E-state index contributed by atoms with van der Waals surface area (Å²) in [5.41, 5.74) is 4.00. The molecule has 6 fully saturated rings. The number of amides is 4. The van der Waals surface area contributed by atoms with Gasteiger partial charge < -0.3 is 21.3 Å². The van der Waals surface area contributed by atoms with Crippen LogP contribution in [0.2, 0.25) is 0 Å². The number of nitrogens with two attached hydrogens (primary N) is 1. The second-order valence-corrected chi connectivity index (χ2v) is 20.1. The maximum Gasteiger partial charge on any atom is 0.259 e. The van der Waals surface area contributed by atoms with Crippen LogP contribution in [0.25, 0.3) is 0 Å². The van der Waals surface area contributed by atoms with Crippen molar-refractivity contribution in [2.45, 2.75) is 147 Å². The van der Waals surface area contributed by atoms with Crippen molar-refractivity contribution in [3.05, 3.63) is 12.7 Å². The number of rotatable bonds is 10. The van der Waals surface area contributed by atoms with Crippen LogP contribution >= 0.6 is 0 Å². The molecule has 5 N–H and O–H groups in total. The third-order valence-electron chi connectivity index (χ3n) is 14.1. The van der Waals surface area contributed by atoms with E-state index in [0.717, 1.165) is 51.4 Å². The van der Waals surface area contributed by atoms with Crippen LogP contribution < -0.4 is 21.1 Å². The zero-order valence-corrected chi connectivity index (χ0v) is 30.6. The lowest BCUT2D eigenvalue weighted by Gasteiger charge is -2.37. The Hall–Kier alpha value is -2.47. The molecule has 0 aromatic heterocycles. The number of nitrogens with one attached hydrogen (secondary N) is 3. The summed E-state index contributed by atoms with van der Waals surface area (Å²) in [4.78, 5) is 58.0. The summed E-state index contributed by atoms with van der Waals surface area (Å²) in [5, 5.41) is 5.95. The Bertz CT molecular complexity index is 1500. The fourth-order valence-electron chi connectivity index (χ4n) is 9.94. The first-order valence-corrected chi connectivity index (χ1v) is 19.6. The number of sulfonamides is 1. The van der Waals surface area contributed by atoms with Crippen molar-refractivity contribution >= 4 is 33.7 Å². The first kappa shape index (κ1) is 35.4. The first-order chi connectivity index (χ1) is 22.2. The van der Waals surface area contributed by atoms with Gasteiger partial charge in [0.05, 0.1) is 10.8 Å². The summed E-state index contributed by atoms with van der Waals surface area (Å²) in [6, 6.07) is -2.53. The van der Waals surface area contributed by atoms with Crippen molar-refractivity contribution in [2.24, 2.45) is 39.2 Å². The highest BCUT2D eigenvalue weighted by molar-refractivity contribution is 7.91. The molecule has 0 aromatic carbocycles. The monoisotopic (exact) mass is 687 g/mol. The van der Waals surface area contributed by atoms with Gasteiger partial charge in [0.1, 0.15) is 17.6 Å². The van der Waals surface area contributed by atoms with Gasteiger partial charge in [0.2, 0.25) is 27.7 Å². The molecule has 0 unspecified atom stereocenters. The molecule has 12 heteroatoms. The molecule has 4 amide bonds. The first-order valence-electron chi connectivity index (χ1n) is 18.1. The molecule has 0 bridgehead atoms. The number of likely N-dealkylation sites (tertiary alicyclic amines) is 1. The topological polar surface area (TPSA) is 168 Å². The van der Waals surface area contributed by atoms with Gasteiger partial charge in [-0.05, 0) is 80.5 Å². The zero-order valence-electron chi connectivity index (χ0n) is 29.7. The lowest BCUT2D eigenvalue weighted by atomic mass is 9.73. The highest BCUT2D eigenvalue weighted by atomic mass is 32.2. The average molecular weight is 688 g/mol. The lowest BCUT2D eigenvalue weighted by molar-refractivity contribution is -0.145. The van der Waals surface area contributed by atoms with Crippen LogP contribution in [-0.4, -0.2) is 71.9 Å². The smallest absolute Gasteiger partial charge is 0.259 e. The molecule has 1 aliphatic heterocycles. The van der Waals surface area contributed by atoms with E-state index in [0.29, 0.717) is 25.8 Å². The lowest BCUT2D eigenvalue weighted by Crippen LogP contribution is -2.61. The fourth-order valence-corrected chi connectivity index (χ4v) is 11.3. The molecule has 48 heavy (non-hydrogen) atoms. The summed E-state index contributed by atoms with van der Waals surface area (Å²) >= 11 is 0. The number of hydrogen-bond acceptors (Lipinski definition) is 7. The Morgan fingerprint density at radius 2 is 1.56 bits per heavy atom.